The average molecular weight is 410 g/mol. The number of anilines is 1. The van der Waals surface area contributed by atoms with E-state index in [2.05, 4.69) is 5.32 Å². The van der Waals surface area contributed by atoms with E-state index in [1.54, 1.807) is 12.1 Å². The van der Waals surface area contributed by atoms with Gasteiger partial charge in [-0.05, 0) is 66.9 Å². The fourth-order valence-electron chi connectivity index (χ4n) is 2.78. The van der Waals surface area contributed by atoms with E-state index in [-0.39, 0.29) is 5.91 Å². The van der Waals surface area contributed by atoms with Crippen molar-refractivity contribution in [1.82, 2.24) is 0 Å². The molecule has 0 aliphatic carbocycles. The molecule has 0 bridgehead atoms. The van der Waals surface area contributed by atoms with E-state index in [0.29, 0.717) is 29.5 Å². The molecule has 0 radical (unpaired) electrons. The summed E-state index contributed by atoms with van der Waals surface area (Å²) in [5, 5.41) is 3.57. The zero-order chi connectivity index (χ0) is 20.6. The number of halogens is 1. The smallest absolute Gasteiger partial charge is 0.265 e. The number of nitrogens with one attached hydrogen (secondary N) is 1. The Bertz CT molecular complexity index is 942. The van der Waals surface area contributed by atoms with Crippen molar-refractivity contribution in [3.8, 4) is 11.5 Å². The van der Waals surface area contributed by atoms with E-state index in [0.717, 1.165) is 16.9 Å². The van der Waals surface area contributed by atoms with E-state index in [4.69, 9.17) is 21.1 Å². The topological polar surface area (TPSA) is 47.6 Å². The van der Waals surface area contributed by atoms with Crippen LogP contribution in [0.2, 0.25) is 5.02 Å². The van der Waals surface area contributed by atoms with Crippen LogP contribution in [0, 0.1) is 6.92 Å². The first-order chi connectivity index (χ1) is 14.0. The first-order valence-electron chi connectivity index (χ1n) is 9.55. The van der Waals surface area contributed by atoms with Crippen molar-refractivity contribution in [3.63, 3.8) is 0 Å². The molecule has 150 valence electrons. The molecule has 0 saturated heterocycles. The summed E-state index contributed by atoms with van der Waals surface area (Å²) in [7, 11) is 0. The Labute approximate surface area is 176 Å². The minimum atomic E-state index is -0.593. The zero-order valence-corrected chi connectivity index (χ0v) is 17.3. The number of amides is 1. The highest BCUT2D eigenvalue weighted by Crippen LogP contribution is 2.23. The molecule has 29 heavy (non-hydrogen) atoms. The SMILES string of the molecule is CC[C@@H](Oc1ccc(Cl)c(C)c1)C(=O)Nc1ccc(OCc2ccccc2)cc1. The summed E-state index contributed by atoms with van der Waals surface area (Å²) in [4.78, 5) is 12.6. The van der Waals surface area contributed by atoms with Crippen molar-refractivity contribution in [2.75, 3.05) is 5.32 Å². The van der Waals surface area contributed by atoms with Gasteiger partial charge in [-0.1, -0.05) is 48.9 Å². The molecule has 3 aromatic rings. The molecule has 0 spiro atoms. The van der Waals surface area contributed by atoms with Crippen molar-refractivity contribution in [2.24, 2.45) is 0 Å². The van der Waals surface area contributed by atoms with Gasteiger partial charge in [0.05, 0.1) is 0 Å². The van der Waals surface area contributed by atoms with Crippen LogP contribution in [0.15, 0.2) is 72.8 Å². The second-order valence-corrected chi connectivity index (χ2v) is 7.12. The van der Waals surface area contributed by atoms with Crippen molar-refractivity contribution >= 4 is 23.2 Å². The first kappa shape index (κ1) is 20.7. The second kappa shape index (κ2) is 9.99. The van der Waals surface area contributed by atoms with E-state index in [1.165, 1.54) is 0 Å². The van der Waals surface area contributed by atoms with Crippen molar-refractivity contribution in [1.29, 1.82) is 0 Å². The van der Waals surface area contributed by atoms with Crippen molar-refractivity contribution in [3.05, 3.63) is 88.9 Å². The van der Waals surface area contributed by atoms with Gasteiger partial charge in [-0.2, -0.15) is 0 Å². The van der Waals surface area contributed by atoms with Crippen LogP contribution >= 0.6 is 11.6 Å². The molecule has 4 nitrogen and oxygen atoms in total. The van der Waals surface area contributed by atoms with E-state index in [9.17, 15) is 4.79 Å². The highest BCUT2D eigenvalue weighted by molar-refractivity contribution is 6.31. The summed E-state index contributed by atoms with van der Waals surface area (Å²) in [5.74, 6) is 1.17. The number of rotatable bonds is 8. The van der Waals surface area contributed by atoms with Gasteiger partial charge in [-0.25, -0.2) is 0 Å². The lowest BCUT2D eigenvalue weighted by Gasteiger charge is -2.18. The molecule has 5 heteroatoms. The Balaban J connectivity index is 1.56. The highest BCUT2D eigenvalue weighted by Gasteiger charge is 2.19. The number of ether oxygens (including phenoxy) is 2. The molecule has 0 fully saturated rings. The maximum atomic E-state index is 12.6. The van der Waals surface area contributed by atoms with Gasteiger partial charge < -0.3 is 14.8 Å². The van der Waals surface area contributed by atoms with E-state index in [1.807, 2.05) is 74.5 Å². The van der Waals surface area contributed by atoms with Gasteiger partial charge in [0.2, 0.25) is 0 Å². The van der Waals surface area contributed by atoms with Crippen LogP contribution in [-0.4, -0.2) is 12.0 Å². The van der Waals surface area contributed by atoms with Gasteiger partial charge in [0.15, 0.2) is 6.10 Å². The Morgan fingerprint density at radius 1 is 1.00 bits per heavy atom. The molecular formula is C24H24ClNO3. The normalized spacial score (nSPS) is 11.6. The number of carbonyl (C=O) groups is 1. The van der Waals surface area contributed by atoms with Gasteiger partial charge in [0, 0.05) is 10.7 Å². The fourth-order valence-corrected chi connectivity index (χ4v) is 2.89. The number of carbonyl (C=O) groups excluding carboxylic acids is 1. The lowest BCUT2D eigenvalue weighted by Crippen LogP contribution is -2.32. The molecule has 1 N–H and O–H groups in total. The number of hydrogen-bond donors (Lipinski definition) is 1. The van der Waals surface area contributed by atoms with Crippen molar-refractivity contribution < 1.29 is 14.3 Å². The fraction of sp³-hybridized carbons (Fsp3) is 0.208. The first-order valence-corrected chi connectivity index (χ1v) is 9.93. The number of hydrogen-bond acceptors (Lipinski definition) is 3. The van der Waals surface area contributed by atoms with Gasteiger partial charge >= 0.3 is 0 Å². The molecule has 0 heterocycles. The summed E-state index contributed by atoms with van der Waals surface area (Å²) < 4.78 is 11.6. The number of benzene rings is 3. The maximum Gasteiger partial charge on any atom is 0.265 e. The predicted molar refractivity (Wildman–Crippen MR) is 117 cm³/mol. The van der Waals surface area contributed by atoms with Gasteiger partial charge in [0.1, 0.15) is 18.1 Å². The van der Waals surface area contributed by atoms with Crippen LogP contribution < -0.4 is 14.8 Å². The molecule has 0 unspecified atom stereocenters. The summed E-state index contributed by atoms with van der Waals surface area (Å²) in [5.41, 5.74) is 2.70. The monoisotopic (exact) mass is 409 g/mol. The van der Waals surface area contributed by atoms with Gasteiger partial charge in [0.25, 0.3) is 5.91 Å². The standard InChI is InChI=1S/C24H24ClNO3/c1-3-23(29-21-13-14-22(25)17(2)15-21)24(27)26-19-9-11-20(12-10-19)28-16-18-7-5-4-6-8-18/h4-15,23H,3,16H2,1-2H3,(H,26,27)/t23-/m1/s1. The molecule has 0 aliphatic rings. The summed E-state index contributed by atoms with van der Waals surface area (Å²) in [6.07, 6.45) is -0.0456. The third-order valence-electron chi connectivity index (χ3n) is 4.44. The van der Waals surface area contributed by atoms with Crippen LogP contribution in [0.4, 0.5) is 5.69 Å². The predicted octanol–water partition coefficient (Wildman–Crippen LogP) is 6.02. The van der Waals surface area contributed by atoms with Crippen molar-refractivity contribution in [2.45, 2.75) is 33.0 Å². The Hall–Kier alpha value is -2.98. The zero-order valence-electron chi connectivity index (χ0n) is 16.5. The third kappa shape index (κ3) is 6.00. The quantitative estimate of drug-likeness (QED) is 0.494. The summed E-state index contributed by atoms with van der Waals surface area (Å²) >= 11 is 6.05. The lowest BCUT2D eigenvalue weighted by molar-refractivity contribution is -0.122. The van der Waals surface area contributed by atoms with Crippen LogP contribution in [0.25, 0.3) is 0 Å². The van der Waals surface area contributed by atoms with Crippen LogP contribution in [-0.2, 0) is 11.4 Å². The van der Waals surface area contributed by atoms with Gasteiger partial charge in [-0.3, -0.25) is 4.79 Å². The Kier molecular flexibility index (Phi) is 7.14. The second-order valence-electron chi connectivity index (χ2n) is 6.71. The number of aryl methyl sites for hydroxylation is 1. The minimum absolute atomic E-state index is 0.196. The Morgan fingerprint density at radius 3 is 2.34 bits per heavy atom. The van der Waals surface area contributed by atoms with Crippen LogP contribution in [0.5, 0.6) is 11.5 Å². The molecule has 0 aromatic heterocycles. The molecule has 0 aliphatic heterocycles. The Morgan fingerprint density at radius 2 is 1.69 bits per heavy atom. The van der Waals surface area contributed by atoms with E-state index >= 15 is 0 Å². The molecule has 1 amide bonds. The van der Waals surface area contributed by atoms with Crippen LogP contribution in [0.1, 0.15) is 24.5 Å². The van der Waals surface area contributed by atoms with Crippen LogP contribution in [0.3, 0.4) is 0 Å². The molecule has 3 aromatic carbocycles. The van der Waals surface area contributed by atoms with Gasteiger partial charge in [-0.15, -0.1) is 0 Å². The average Bonchev–Trinajstić information content (AvgIpc) is 2.74. The van der Waals surface area contributed by atoms with E-state index < -0.39 is 6.10 Å². The summed E-state index contributed by atoms with van der Waals surface area (Å²) in [6.45, 7) is 4.31. The largest absolute Gasteiger partial charge is 0.489 e. The molecule has 3 rings (SSSR count). The summed E-state index contributed by atoms with van der Waals surface area (Å²) in [6, 6.07) is 22.6. The molecular weight excluding hydrogens is 386 g/mol. The lowest BCUT2D eigenvalue weighted by atomic mass is 10.2. The molecule has 0 saturated carbocycles. The molecule has 1 atom stereocenters. The third-order valence-corrected chi connectivity index (χ3v) is 4.87. The highest BCUT2D eigenvalue weighted by atomic mass is 35.5. The minimum Gasteiger partial charge on any atom is -0.489 e. The maximum absolute atomic E-state index is 12.6.